The maximum atomic E-state index is 6.32. The van der Waals surface area contributed by atoms with E-state index >= 15 is 0 Å². The number of hydrogen-bond donors (Lipinski definition) is 1. The highest BCUT2D eigenvalue weighted by Gasteiger charge is 2.09. The van der Waals surface area contributed by atoms with Gasteiger partial charge in [-0.1, -0.05) is 30.3 Å². The van der Waals surface area contributed by atoms with E-state index in [0.717, 1.165) is 5.56 Å². The summed E-state index contributed by atoms with van der Waals surface area (Å²) in [5.41, 5.74) is 11.3. The lowest BCUT2D eigenvalue weighted by atomic mass is 9.96. The second kappa shape index (κ2) is 5.59. The van der Waals surface area contributed by atoms with Gasteiger partial charge in [0.05, 0.1) is 6.04 Å². The zero-order valence-corrected chi connectivity index (χ0v) is 11.9. The molecule has 0 bridgehead atoms. The van der Waals surface area contributed by atoms with Crippen LogP contribution in [0.2, 0.25) is 0 Å². The molecule has 1 nitrogen and oxygen atoms in total. The first-order valence-corrected chi connectivity index (χ1v) is 7.31. The van der Waals surface area contributed by atoms with Gasteiger partial charge < -0.3 is 5.73 Å². The standard InChI is InChI=1S/C16H19NS/c1-11-4-5-14(10-12(11)2)16(17)13-6-8-15(18-3)9-7-13/h4-10,16H,17H2,1-3H3. The molecule has 2 aromatic rings. The van der Waals surface area contributed by atoms with Crippen LogP contribution in [-0.4, -0.2) is 6.26 Å². The van der Waals surface area contributed by atoms with Crippen LogP contribution in [-0.2, 0) is 0 Å². The lowest BCUT2D eigenvalue weighted by molar-refractivity contribution is 0.867. The molecule has 2 N–H and O–H groups in total. The Bertz CT molecular complexity index is 531. The molecule has 1 unspecified atom stereocenters. The first-order valence-electron chi connectivity index (χ1n) is 6.08. The van der Waals surface area contributed by atoms with Crippen molar-refractivity contribution < 1.29 is 0 Å². The molecule has 0 aromatic heterocycles. The number of hydrogen-bond acceptors (Lipinski definition) is 2. The smallest absolute Gasteiger partial charge is 0.0551 e. The van der Waals surface area contributed by atoms with Gasteiger partial charge in [-0.2, -0.15) is 0 Å². The van der Waals surface area contributed by atoms with Gasteiger partial charge in [-0.3, -0.25) is 0 Å². The van der Waals surface area contributed by atoms with Crippen molar-refractivity contribution >= 4 is 11.8 Å². The maximum Gasteiger partial charge on any atom is 0.0551 e. The second-order valence-electron chi connectivity index (χ2n) is 4.59. The van der Waals surface area contributed by atoms with Gasteiger partial charge in [0.15, 0.2) is 0 Å². The fraction of sp³-hybridized carbons (Fsp3) is 0.250. The van der Waals surface area contributed by atoms with E-state index in [1.165, 1.54) is 21.6 Å². The van der Waals surface area contributed by atoms with Gasteiger partial charge in [0.25, 0.3) is 0 Å². The fourth-order valence-corrected chi connectivity index (χ4v) is 2.37. The lowest BCUT2D eigenvalue weighted by Gasteiger charge is -2.14. The van der Waals surface area contributed by atoms with Gasteiger partial charge in [0, 0.05) is 4.90 Å². The third-order valence-electron chi connectivity index (χ3n) is 3.37. The summed E-state index contributed by atoms with van der Waals surface area (Å²) in [6.07, 6.45) is 2.08. The first kappa shape index (κ1) is 13.2. The Morgan fingerprint density at radius 2 is 1.50 bits per heavy atom. The molecule has 0 saturated carbocycles. The lowest BCUT2D eigenvalue weighted by Crippen LogP contribution is -2.12. The molecule has 0 aliphatic carbocycles. The van der Waals surface area contributed by atoms with Gasteiger partial charge >= 0.3 is 0 Å². The summed E-state index contributed by atoms with van der Waals surface area (Å²) in [6.45, 7) is 4.25. The molecule has 94 valence electrons. The van der Waals surface area contributed by atoms with E-state index in [1.807, 2.05) is 0 Å². The third-order valence-corrected chi connectivity index (χ3v) is 4.11. The minimum Gasteiger partial charge on any atom is -0.320 e. The summed E-state index contributed by atoms with van der Waals surface area (Å²) < 4.78 is 0. The van der Waals surface area contributed by atoms with Crippen LogP contribution >= 0.6 is 11.8 Å². The summed E-state index contributed by atoms with van der Waals surface area (Å²) >= 11 is 1.75. The van der Waals surface area contributed by atoms with E-state index in [2.05, 4.69) is 62.6 Å². The molecular weight excluding hydrogens is 238 g/mol. The molecule has 2 aromatic carbocycles. The van der Waals surface area contributed by atoms with Crippen molar-refractivity contribution in [3.05, 3.63) is 64.7 Å². The number of benzene rings is 2. The fourth-order valence-electron chi connectivity index (χ4n) is 1.96. The molecule has 0 aliphatic rings. The van der Waals surface area contributed by atoms with Gasteiger partial charge in [-0.25, -0.2) is 0 Å². The van der Waals surface area contributed by atoms with Crippen LogP contribution in [0.15, 0.2) is 47.4 Å². The average molecular weight is 257 g/mol. The van der Waals surface area contributed by atoms with Crippen LogP contribution in [0.25, 0.3) is 0 Å². The van der Waals surface area contributed by atoms with Crippen molar-refractivity contribution in [2.45, 2.75) is 24.8 Å². The van der Waals surface area contributed by atoms with E-state index in [4.69, 9.17) is 5.73 Å². The van der Waals surface area contributed by atoms with Crippen LogP contribution < -0.4 is 5.73 Å². The van der Waals surface area contributed by atoms with Crippen molar-refractivity contribution in [3.8, 4) is 0 Å². The van der Waals surface area contributed by atoms with Gasteiger partial charge in [-0.05, 0) is 54.5 Å². The minimum absolute atomic E-state index is 0.0415. The molecule has 0 radical (unpaired) electrons. The normalized spacial score (nSPS) is 12.4. The van der Waals surface area contributed by atoms with Gasteiger partial charge in [0.2, 0.25) is 0 Å². The summed E-state index contributed by atoms with van der Waals surface area (Å²) in [5.74, 6) is 0. The number of nitrogens with two attached hydrogens (primary N) is 1. The predicted molar refractivity (Wildman–Crippen MR) is 80.2 cm³/mol. The Balaban J connectivity index is 2.28. The Hall–Kier alpha value is -1.25. The Morgan fingerprint density at radius 1 is 0.889 bits per heavy atom. The maximum absolute atomic E-state index is 6.32. The molecule has 0 spiro atoms. The van der Waals surface area contributed by atoms with E-state index in [9.17, 15) is 0 Å². The van der Waals surface area contributed by atoms with Crippen LogP contribution in [0.3, 0.4) is 0 Å². The average Bonchev–Trinajstić information content (AvgIpc) is 2.41. The molecule has 0 fully saturated rings. The zero-order valence-electron chi connectivity index (χ0n) is 11.1. The molecule has 18 heavy (non-hydrogen) atoms. The van der Waals surface area contributed by atoms with Crippen molar-refractivity contribution in [2.75, 3.05) is 6.26 Å². The molecular formula is C16H19NS. The molecule has 2 heteroatoms. The van der Waals surface area contributed by atoms with Crippen molar-refractivity contribution in [2.24, 2.45) is 5.73 Å². The van der Waals surface area contributed by atoms with Crippen molar-refractivity contribution in [3.63, 3.8) is 0 Å². The molecule has 2 rings (SSSR count). The van der Waals surface area contributed by atoms with Crippen LogP contribution in [0.5, 0.6) is 0 Å². The molecule has 0 saturated heterocycles. The topological polar surface area (TPSA) is 26.0 Å². The van der Waals surface area contributed by atoms with E-state index in [1.54, 1.807) is 11.8 Å². The number of rotatable bonds is 3. The zero-order chi connectivity index (χ0) is 13.1. The molecule has 0 heterocycles. The van der Waals surface area contributed by atoms with E-state index in [-0.39, 0.29) is 6.04 Å². The van der Waals surface area contributed by atoms with Crippen molar-refractivity contribution in [1.29, 1.82) is 0 Å². The number of aryl methyl sites for hydroxylation is 2. The monoisotopic (exact) mass is 257 g/mol. The number of thioether (sulfide) groups is 1. The summed E-state index contributed by atoms with van der Waals surface area (Å²) in [5, 5.41) is 0. The van der Waals surface area contributed by atoms with Crippen LogP contribution in [0.1, 0.15) is 28.3 Å². The molecule has 0 amide bonds. The van der Waals surface area contributed by atoms with Crippen LogP contribution in [0.4, 0.5) is 0 Å². The molecule has 0 aliphatic heterocycles. The third kappa shape index (κ3) is 2.77. The van der Waals surface area contributed by atoms with Crippen LogP contribution in [0, 0.1) is 13.8 Å². The summed E-state index contributed by atoms with van der Waals surface area (Å²) in [6, 6.07) is 14.9. The van der Waals surface area contributed by atoms with Crippen molar-refractivity contribution in [1.82, 2.24) is 0 Å². The Morgan fingerprint density at radius 3 is 2.06 bits per heavy atom. The SMILES string of the molecule is CSc1ccc(C(N)c2ccc(C)c(C)c2)cc1. The highest BCUT2D eigenvalue weighted by atomic mass is 32.2. The predicted octanol–water partition coefficient (Wildman–Crippen LogP) is 4.07. The highest BCUT2D eigenvalue weighted by Crippen LogP contribution is 2.24. The highest BCUT2D eigenvalue weighted by molar-refractivity contribution is 7.98. The molecule has 1 atom stereocenters. The largest absolute Gasteiger partial charge is 0.320 e. The minimum atomic E-state index is -0.0415. The first-order chi connectivity index (χ1) is 8.61. The van der Waals surface area contributed by atoms with Gasteiger partial charge in [-0.15, -0.1) is 11.8 Å². The summed E-state index contributed by atoms with van der Waals surface area (Å²) in [7, 11) is 0. The Kier molecular flexibility index (Phi) is 4.10. The quantitative estimate of drug-likeness (QED) is 0.839. The Labute approximate surface area is 113 Å². The van der Waals surface area contributed by atoms with Gasteiger partial charge in [0.1, 0.15) is 0 Å². The van der Waals surface area contributed by atoms with E-state index < -0.39 is 0 Å². The second-order valence-corrected chi connectivity index (χ2v) is 5.47. The van der Waals surface area contributed by atoms with E-state index in [0.29, 0.717) is 0 Å². The summed E-state index contributed by atoms with van der Waals surface area (Å²) in [4.78, 5) is 1.27.